The average molecular weight is 334 g/mol. The van der Waals surface area contributed by atoms with Crippen LogP contribution in [-0.2, 0) is 5.41 Å². The number of hydrogen-bond donors (Lipinski definition) is 0. The van der Waals surface area contributed by atoms with E-state index in [2.05, 4.69) is 13.8 Å². The van der Waals surface area contributed by atoms with Gasteiger partial charge < -0.3 is 0 Å². The van der Waals surface area contributed by atoms with Crippen LogP contribution in [0.4, 0.5) is 4.39 Å². The molecule has 1 aromatic rings. The summed E-state index contributed by atoms with van der Waals surface area (Å²) >= 11 is 5.98. The lowest BCUT2D eigenvalue weighted by Gasteiger charge is -2.55. The van der Waals surface area contributed by atoms with E-state index in [-0.39, 0.29) is 17.8 Å². The van der Waals surface area contributed by atoms with Crippen molar-refractivity contribution in [3.05, 3.63) is 34.9 Å². The fourth-order valence-electron chi connectivity index (χ4n) is 3.54. The molecule has 1 aromatic carbocycles. The lowest BCUT2D eigenvalue weighted by molar-refractivity contribution is -0.119. The van der Waals surface area contributed by atoms with Crippen molar-refractivity contribution in [3.63, 3.8) is 0 Å². The van der Waals surface area contributed by atoms with Crippen molar-refractivity contribution in [3.8, 4) is 0 Å². The van der Waals surface area contributed by atoms with E-state index in [9.17, 15) is 0 Å². The lowest BCUT2D eigenvalue weighted by Crippen LogP contribution is -2.61. The van der Waals surface area contributed by atoms with Crippen molar-refractivity contribution < 1.29 is 4.39 Å². The van der Waals surface area contributed by atoms with Crippen LogP contribution in [0, 0.1) is 5.92 Å². The molecule has 1 unspecified atom stereocenters. The van der Waals surface area contributed by atoms with Crippen LogP contribution in [0.15, 0.2) is 24.3 Å². The number of nitrogens with zero attached hydrogens (tertiary/aromatic N) is 1. The molecule has 0 saturated heterocycles. The average Bonchev–Trinajstić information content (AvgIpc) is 2.28. The van der Waals surface area contributed by atoms with Crippen LogP contribution in [0.1, 0.15) is 45.1 Å². The SMILES string of the molecule is CC(C)CC(F)(N(C)C)C1(c2ccc(Cl)cc2)CCC1.Cl. The van der Waals surface area contributed by atoms with Crippen LogP contribution >= 0.6 is 24.0 Å². The smallest absolute Gasteiger partial charge is 0.173 e. The van der Waals surface area contributed by atoms with Crippen molar-refractivity contribution in [1.82, 2.24) is 4.90 Å². The number of alkyl halides is 1. The maximum absolute atomic E-state index is 15.9. The van der Waals surface area contributed by atoms with Gasteiger partial charge in [-0.05, 0) is 57.0 Å². The zero-order valence-electron chi connectivity index (χ0n) is 13.3. The van der Waals surface area contributed by atoms with Gasteiger partial charge in [0.1, 0.15) is 0 Å². The molecule has 0 amide bonds. The van der Waals surface area contributed by atoms with Gasteiger partial charge >= 0.3 is 0 Å². The van der Waals surface area contributed by atoms with E-state index in [1.165, 1.54) is 0 Å². The first-order chi connectivity index (χ1) is 9.32. The summed E-state index contributed by atoms with van der Waals surface area (Å²) in [6, 6.07) is 7.75. The summed E-state index contributed by atoms with van der Waals surface area (Å²) in [4.78, 5) is 1.78. The molecule has 0 radical (unpaired) electrons. The number of hydrogen-bond acceptors (Lipinski definition) is 1. The number of halogens is 3. The van der Waals surface area contributed by atoms with Gasteiger partial charge in [0.15, 0.2) is 5.79 Å². The minimum Gasteiger partial charge on any atom is -0.277 e. The highest BCUT2D eigenvalue weighted by Gasteiger charge is 2.58. The van der Waals surface area contributed by atoms with E-state index < -0.39 is 5.79 Å². The van der Waals surface area contributed by atoms with Gasteiger partial charge in [0.05, 0.1) is 0 Å². The predicted octanol–water partition coefficient (Wildman–Crippen LogP) is 5.46. The monoisotopic (exact) mass is 333 g/mol. The van der Waals surface area contributed by atoms with Crippen LogP contribution in [0.5, 0.6) is 0 Å². The lowest BCUT2D eigenvalue weighted by atomic mass is 9.57. The summed E-state index contributed by atoms with van der Waals surface area (Å²) < 4.78 is 15.9. The number of likely N-dealkylation sites (N-methyl/N-ethyl adjacent to an activating group) is 1. The van der Waals surface area contributed by atoms with Crippen LogP contribution in [0.3, 0.4) is 0 Å². The standard InChI is InChI=1S/C17H25ClFN.ClH/c1-13(2)12-17(19,20(3)4)16(10-5-11-16)14-6-8-15(18)9-7-14;/h6-9,13H,5,10-12H2,1-4H3;1H. The Labute approximate surface area is 139 Å². The molecule has 1 atom stereocenters. The van der Waals surface area contributed by atoms with Gasteiger partial charge in [-0.25, -0.2) is 4.39 Å². The van der Waals surface area contributed by atoms with Crippen molar-refractivity contribution in [2.24, 2.45) is 5.92 Å². The van der Waals surface area contributed by atoms with E-state index in [1.54, 1.807) is 4.90 Å². The number of rotatable bonds is 5. The maximum atomic E-state index is 15.9. The molecule has 0 N–H and O–H groups in total. The van der Waals surface area contributed by atoms with Crippen molar-refractivity contribution in [2.45, 2.75) is 50.7 Å². The largest absolute Gasteiger partial charge is 0.277 e. The van der Waals surface area contributed by atoms with Crippen LogP contribution < -0.4 is 0 Å². The molecule has 120 valence electrons. The molecular weight excluding hydrogens is 308 g/mol. The van der Waals surface area contributed by atoms with Gasteiger partial charge in [0, 0.05) is 10.4 Å². The molecular formula is C17H26Cl2FN. The molecule has 0 aliphatic heterocycles. The van der Waals surface area contributed by atoms with E-state index >= 15 is 4.39 Å². The quantitative estimate of drug-likeness (QED) is 0.647. The minimum atomic E-state index is -1.30. The molecule has 0 spiro atoms. The molecule has 1 nitrogen and oxygen atoms in total. The summed E-state index contributed by atoms with van der Waals surface area (Å²) in [5.41, 5.74) is 0.704. The summed E-state index contributed by atoms with van der Waals surface area (Å²) in [7, 11) is 3.72. The Morgan fingerprint density at radius 2 is 1.76 bits per heavy atom. The zero-order chi connectivity index (χ0) is 15.0. The number of benzene rings is 1. The third kappa shape index (κ3) is 3.23. The highest BCUT2D eigenvalue weighted by atomic mass is 35.5. The van der Waals surface area contributed by atoms with Crippen LogP contribution in [-0.4, -0.2) is 24.8 Å². The fourth-order valence-corrected chi connectivity index (χ4v) is 3.67. The van der Waals surface area contributed by atoms with Crippen molar-refractivity contribution >= 4 is 24.0 Å². The topological polar surface area (TPSA) is 3.24 Å². The third-order valence-corrected chi connectivity index (χ3v) is 4.98. The van der Waals surface area contributed by atoms with Crippen LogP contribution in [0.2, 0.25) is 5.02 Å². The molecule has 21 heavy (non-hydrogen) atoms. The van der Waals surface area contributed by atoms with Crippen LogP contribution in [0.25, 0.3) is 0 Å². The minimum absolute atomic E-state index is 0. The van der Waals surface area contributed by atoms with E-state index in [0.29, 0.717) is 17.4 Å². The molecule has 0 heterocycles. The van der Waals surface area contributed by atoms with Crippen molar-refractivity contribution in [1.29, 1.82) is 0 Å². The van der Waals surface area contributed by atoms with Gasteiger partial charge in [-0.15, -0.1) is 12.4 Å². The Kier molecular flexibility index (Phi) is 6.11. The summed E-state index contributed by atoms with van der Waals surface area (Å²) in [5, 5.41) is 0.710. The first-order valence-corrected chi connectivity index (χ1v) is 7.82. The highest BCUT2D eigenvalue weighted by Crippen LogP contribution is 2.56. The van der Waals surface area contributed by atoms with Gasteiger partial charge in [0.2, 0.25) is 0 Å². The molecule has 4 heteroatoms. The predicted molar refractivity (Wildman–Crippen MR) is 91.2 cm³/mol. The van der Waals surface area contributed by atoms with E-state index in [1.807, 2.05) is 38.4 Å². The molecule has 1 fully saturated rings. The fraction of sp³-hybridized carbons (Fsp3) is 0.647. The molecule has 0 bridgehead atoms. The Balaban J connectivity index is 0.00000220. The summed E-state index contributed by atoms with van der Waals surface area (Å²) in [6.07, 6.45) is 3.48. The normalized spacial score (nSPS) is 19.8. The Bertz CT molecular complexity index is 454. The second kappa shape index (κ2) is 6.85. The third-order valence-electron chi connectivity index (χ3n) is 4.72. The molecule has 0 aromatic heterocycles. The maximum Gasteiger partial charge on any atom is 0.173 e. The van der Waals surface area contributed by atoms with Gasteiger partial charge in [0.25, 0.3) is 0 Å². The second-order valence-corrected chi connectivity index (χ2v) is 7.13. The second-order valence-electron chi connectivity index (χ2n) is 6.69. The van der Waals surface area contributed by atoms with E-state index in [0.717, 1.165) is 24.8 Å². The Hall–Kier alpha value is -0.310. The highest BCUT2D eigenvalue weighted by molar-refractivity contribution is 6.30. The Morgan fingerprint density at radius 1 is 1.24 bits per heavy atom. The first-order valence-electron chi connectivity index (χ1n) is 7.44. The van der Waals surface area contributed by atoms with Gasteiger partial charge in [-0.2, -0.15) is 0 Å². The summed E-state index contributed by atoms with van der Waals surface area (Å²) in [6.45, 7) is 4.18. The molecule has 2 rings (SSSR count). The van der Waals surface area contributed by atoms with Crippen molar-refractivity contribution in [2.75, 3.05) is 14.1 Å². The zero-order valence-corrected chi connectivity index (χ0v) is 14.9. The molecule has 1 aliphatic carbocycles. The van der Waals surface area contributed by atoms with Gasteiger partial charge in [-0.3, -0.25) is 4.90 Å². The summed E-state index contributed by atoms with van der Waals surface area (Å²) in [5.74, 6) is -0.972. The van der Waals surface area contributed by atoms with E-state index in [4.69, 9.17) is 11.6 Å². The molecule has 1 saturated carbocycles. The Morgan fingerprint density at radius 3 is 2.10 bits per heavy atom. The first kappa shape index (κ1) is 18.7. The molecule has 1 aliphatic rings. The van der Waals surface area contributed by atoms with Gasteiger partial charge in [-0.1, -0.05) is 44.0 Å².